The molecule has 0 aliphatic carbocycles. The van der Waals surface area contributed by atoms with Crippen molar-refractivity contribution in [3.8, 4) is 0 Å². The number of nitrogens with zero attached hydrogens (tertiary/aromatic N) is 6. The number of imidazole rings is 1. The van der Waals surface area contributed by atoms with E-state index in [0.717, 1.165) is 4.57 Å². The summed E-state index contributed by atoms with van der Waals surface area (Å²) in [7, 11) is 3.03. The van der Waals surface area contributed by atoms with E-state index in [0.29, 0.717) is 38.0 Å². The number of aromatic nitrogens is 6. The van der Waals surface area contributed by atoms with Crippen molar-refractivity contribution in [2.45, 2.75) is 23.0 Å². The average molecular weight is 433 g/mol. The molecule has 0 spiro atoms. The van der Waals surface area contributed by atoms with Gasteiger partial charge in [-0.2, -0.15) is 0 Å². The molecule has 3 heterocycles. The van der Waals surface area contributed by atoms with Gasteiger partial charge in [0.1, 0.15) is 5.82 Å². The van der Waals surface area contributed by atoms with Crippen molar-refractivity contribution in [1.82, 2.24) is 28.9 Å². The van der Waals surface area contributed by atoms with Crippen molar-refractivity contribution < 1.29 is 4.39 Å². The lowest BCUT2D eigenvalue weighted by Gasteiger charge is -2.05. The fourth-order valence-electron chi connectivity index (χ4n) is 2.83. The van der Waals surface area contributed by atoms with Gasteiger partial charge < -0.3 is 9.88 Å². The van der Waals surface area contributed by atoms with Gasteiger partial charge in [-0.25, -0.2) is 14.2 Å². The molecular weight excluding hydrogens is 417 g/mol. The molecule has 29 heavy (non-hydrogen) atoms. The maximum Gasteiger partial charge on any atom is 0.332 e. The van der Waals surface area contributed by atoms with Gasteiger partial charge in [0.25, 0.3) is 5.56 Å². The van der Waals surface area contributed by atoms with Crippen molar-refractivity contribution in [3.63, 3.8) is 0 Å². The zero-order chi connectivity index (χ0) is 20.7. The lowest BCUT2D eigenvalue weighted by atomic mass is 10.3. The minimum Gasteiger partial charge on any atom is -0.330 e. The second kappa shape index (κ2) is 7.44. The maximum atomic E-state index is 13.0. The Kier molecular flexibility index (Phi) is 4.96. The molecule has 9 nitrogen and oxygen atoms in total. The van der Waals surface area contributed by atoms with Crippen molar-refractivity contribution in [2.75, 3.05) is 5.32 Å². The molecule has 4 aromatic rings. The summed E-state index contributed by atoms with van der Waals surface area (Å²) in [5.41, 5.74) is 0.575. The van der Waals surface area contributed by atoms with E-state index in [-0.39, 0.29) is 11.4 Å². The van der Waals surface area contributed by atoms with Crippen LogP contribution in [0.2, 0.25) is 0 Å². The van der Waals surface area contributed by atoms with Gasteiger partial charge in [0.15, 0.2) is 20.7 Å². The quantitative estimate of drug-likeness (QED) is 0.516. The fourth-order valence-corrected chi connectivity index (χ4v) is 4.66. The lowest BCUT2D eigenvalue weighted by Crippen LogP contribution is -2.37. The van der Waals surface area contributed by atoms with Crippen molar-refractivity contribution in [3.05, 3.63) is 50.9 Å². The standard InChI is InChI=1S/C17H16FN7O2S2/c1-4-25-11-12(23(2)17(27)24(3)13(11)26)20-15(25)29-16-22-21-14(28-16)19-10-7-5-9(18)6-8-10/h5-8H,4H2,1-3H3,(H,19,21). The summed E-state index contributed by atoms with van der Waals surface area (Å²) in [5.74, 6) is -0.317. The van der Waals surface area contributed by atoms with Crippen molar-refractivity contribution in [1.29, 1.82) is 0 Å². The molecule has 0 amide bonds. The van der Waals surface area contributed by atoms with Crippen molar-refractivity contribution in [2.24, 2.45) is 14.1 Å². The van der Waals surface area contributed by atoms with Gasteiger partial charge >= 0.3 is 5.69 Å². The molecular formula is C17H16FN7O2S2. The van der Waals surface area contributed by atoms with Crippen LogP contribution < -0.4 is 16.6 Å². The molecule has 0 saturated heterocycles. The van der Waals surface area contributed by atoms with E-state index in [1.165, 1.54) is 46.8 Å². The Morgan fingerprint density at radius 1 is 1.14 bits per heavy atom. The zero-order valence-corrected chi connectivity index (χ0v) is 17.3. The van der Waals surface area contributed by atoms with Crippen LogP contribution in [0.4, 0.5) is 15.2 Å². The number of fused-ring (bicyclic) bond motifs is 1. The smallest absolute Gasteiger partial charge is 0.330 e. The van der Waals surface area contributed by atoms with Gasteiger partial charge in [-0.1, -0.05) is 11.3 Å². The number of nitrogens with one attached hydrogen (secondary N) is 1. The molecule has 150 valence electrons. The third-order valence-corrected chi connectivity index (χ3v) is 6.19. The van der Waals surface area contributed by atoms with Gasteiger partial charge in [0.05, 0.1) is 0 Å². The Labute approximate surface area is 171 Å². The first-order valence-electron chi connectivity index (χ1n) is 8.59. The molecule has 0 radical (unpaired) electrons. The molecule has 0 unspecified atom stereocenters. The van der Waals surface area contributed by atoms with Crippen LogP contribution in [0.15, 0.2) is 43.4 Å². The minimum atomic E-state index is -0.429. The molecule has 4 rings (SSSR count). The number of aryl methyl sites for hydroxylation is 2. The Balaban J connectivity index is 1.68. The number of halogens is 1. The number of hydrogen-bond donors (Lipinski definition) is 1. The molecule has 0 saturated carbocycles. The molecule has 0 aliphatic rings. The first-order chi connectivity index (χ1) is 13.9. The van der Waals surface area contributed by atoms with Gasteiger partial charge in [0.2, 0.25) is 5.13 Å². The first kappa shape index (κ1) is 19.3. The number of anilines is 2. The van der Waals surface area contributed by atoms with Gasteiger partial charge in [-0.05, 0) is 43.0 Å². The molecule has 1 aromatic carbocycles. The van der Waals surface area contributed by atoms with E-state index >= 15 is 0 Å². The minimum absolute atomic E-state index is 0.317. The van der Waals surface area contributed by atoms with Gasteiger partial charge in [0, 0.05) is 26.3 Å². The Hall–Kier alpha value is -2.99. The summed E-state index contributed by atoms with van der Waals surface area (Å²) in [4.78, 5) is 29.3. The summed E-state index contributed by atoms with van der Waals surface area (Å²) in [5, 5.41) is 12.4. The van der Waals surface area contributed by atoms with Crippen LogP contribution in [0.5, 0.6) is 0 Å². The highest BCUT2D eigenvalue weighted by Gasteiger charge is 2.20. The predicted octanol–water partition coefficient (Wildman–Crippen LogP) is 2.34. The lowest BCUT2D eigenvalue weighted by molar-refractivity contribution is 0.628. The first-order valence-corrected chi connectivity index (χ1v) is 10.2. The van der Waals surface area contributed by atoms with Crippen LogP contribution >= 0.6 is 23.1 Å². The number of rotatable bonds is 5. The number of hydrogen-bond acceptors (Lipinski definition) is 8. The Morgan fingerprint density at radius 2 is 1.86 bits per heavy atom. The topological polar surface area (TPSA) is 99.6 Å². The molecule has 0 atom stereocenters. The summed E-state index contributed by atoms with van der Waals surface area (Å²) in [6.45, 7) is 2.41. The zero-order valence-electron chi connectivity index (χ0n) is 15.7. The highest BCUT2D eigenvalue weighted by Crippen LogP contribution is 2.33. The van der Waals surface area contributed by atoms with Crippen molar-refractivity contribution >= 4 is 45.1 Å². The summed E-state index contributed by atoms with van der Waals surface area (Å²) >= 11 is 2.56. The summed E-state index contributed by atoms with van der Waals surface area (Å²) in [6.07, 6.45) is 0. The van der Waals surface area contributed by atoms with Crippen LogP contribution in [-0.4, -0.2) is 28.9 Å². The highest BCUT2D eigenvalue weighted by molar-refractivity contribution is 8.01. The molecule has 0 bridgehead atoms. The van der Waals surface area contributed by atoms with Crippen LogP contribution in [0, 0.1) is 5.82 Å². The Morgan fingerprint density at radius 3 is 2.55 bits per heavy atom. The molecule has 0 fully saturated rings. The van der Waals surface area contributed by atoms with E-state index in [1.54, 1.807) is 23.7 Å². The van der Waals surface area contributed by atoms with Gasteiger partial charge in [-0.15, -0.1) is 10.2 Å². The van der Waals surface area contributed by atoms with Gasteiger partial charge in [-0.3, -0.25) is 13.9 Å². The van der Waals surface area contributed by atoms with E-state index in [1.807, 2.05) is 6.92 Å². The summed E-state index contributed by atoms with van der Waals surface area (Å²) in [6, 6.07) is 5.92. The highest BCUT2D eigenvalue weighted by atomic mass is 32.2. The van der Waals surface area contributed by atoms with Crippen LogP contribution in [0.1, 0.15) is 6.92 Å². The van der Waals surface area contributed by atoms with E-state index in [4.69, 9.17) is 0 Å². The van der Waals surface area contributed by atoms with Crippen LogP contribution in [0.25, 0.3) is 11.2 Å². The van der Waals surface area contributed by atoms with E-state index in [9.17, 15) is 14.0 Å². The SMILES string of the molecule is CCn1c(Sc2nnc(Nc3ccc(F)cc3)s2)nc2c1c(=O)n(C)c(=O)n2C. The Bertz CT molecular complexity index is 1320. The third-order valence-electron chi connectivity index (χ3n) is 4.31. The number of benzene rings is 1. The average Bonchev–Trinajstić information content (AvgIpc) is 3.31. The molecule has 12 heteroatoms. The molecule has 0 aliphatic heterocycles. The second-order valence-electron chi connectivity index (χ2n) is 6.12. The molecule has 1 N–H and O–H groups in total. The van der Waals surface area contributed by atoms with Crippen LogP contribution in [0.3, 0.4) is 0 Å². The third kappa shape index (κ3) is 3.44. The molecule has 3 aromatic heterocycles. The van der Waals surface area contributed by atoms with E-state index in [2.05, 4.69) is 20.5 Å². The fraction of sp³-hybridized carbons (Fsp3) is 0.235. The largest absolute Gasteiger partial charge is 0.332 e. The predicted molar refractivity (Wildman–Crippen MR) is 110 cm³/mol. The monoisotopic (exact) mass is 433 g/mol. The normalized spacial score (nSPS) is 11.3. The maximum absolute atomic E-state index is 13.0. The second-order valence-corrected chi connectivity index (χ2v) is 8.32. The van der Waals surface area contributed by atoms with Crippen LogP contribution in [-0.2, 0) is 20.6 Å². The summed E-state index contributed by atoms with van der Waals surface area (Å²) < 4.78 is 17.8. The van der Waals surface area contributed by atoms with E-state index < -0.39 is 5.69 Å².